The topological polar surface area (TPSA) is 46.8 Å². The van der Waals surface area contributed by atoms with E-state index in [1.54, 1.807) is 4.68 Å². The first-order chi connectivity index (χ1) is 9.33. The lowest BCUT2D eigenvalue weighted by Crippen LogP contribution is -2.10. The molecule has 2 heterocycles. The van der Waals surface area contributed by atoms with Crippen LogP contribution < -0.4 is 0 Å². The molecular formula is C14H17N5. The van der Waals surface area contributed by atoms with E-state index in [0.717, 1.165) is 24.6 Å². The first kappa shape index (κ1) is 11.9. The minimum absolute atomic E-state index is 0.760. The summed E-state index contributed by atoms with van der Waals surface area (Å²) in [5, 5.41) is 11.9. The lowest BCUT2D eigenvalue weighted by Gasteiger charge is -2.09. The molecule has 0 unspecified atom stereocenters. The highest BCUT2D eigenvalue weighted by Crippen LogP contribution is 2.12. The van der Waals surface area contributed by atoms with Crippen molar-refractivity contribution in [2.24, 2.45) is 0 Å². The summed E-state index contributed by atoms with van der Waals surface area (Å²) in [5.74, 6) is 0.760. The number of likely N-dealkylation sites (tertiary alicyclic amines) is 1. The van der Waals surface area contributed by atoms with Crippen LogP contribution in [-0.2, 0) is 0 Å². The van der Waals surface area contributed by atoms with Gasteiger partial charge in [0.25, 0.3) is 0 Å². The van der Waals surface area contributed by atoms with E-state index < -0.39 is 0 Å². The Morgan fingerprint density at radius 3 is 2.58 bits per heavy atom. The number of nitrogens with zero attached hydrogens (tertiary/aromatic N) is 5. The Hall–Kier alpha value is -2.17. The lowest BCUT2D eigenvalue weighted by atomic mass is 10.2. The standard InChI is InChI=1S/C14H17N5/c1-12-4-6-13(7-5-12)19-14(15-16-17-19)8-11-18-9-2-3-10-18/h4-8,11H,2-3,9-10H2,1H3/b11-8+. The lowest BCUT2D eigenvalue weighted by molar-refractivity contribution is 0.470. The van der Waals surface area contributed by atoms with Crippen LogP contribution >= 0.6 is 0 Å². The monoisotopic (exact) mass is 255 g/mol. The molecule has 1 aromatic heterocycles. The van der Waals surface area contributed by atoms with Crippen LogP contribution in [0.1, 0.15) is 24.2 Å². The van der Waals surface area contributed by atoms with Crippen molar-refractivity contribution in [2.45, 2.75) is 19.8 Å². The highest BCUT2D eigenvalue weighted by Gasteiger charge is 2.08. The molecule has 1 aromatic carbocycles. The van der Waals surface area contributed by atoms with Crippen molar-refractivity contribution >= 4 is 6.08 Å². The predicted octanol–water partition coefficient (Wildman–Crippen LogP) is 2.04. The Bertz CT molecular complexity index is 564. The van der Waals surface area contributed by atoms with Crippen LogP contribution in [0.2, 0.25) is 0 Å². The third-order valence-corrected chi connectivity index (χ3v) is 3.35. The van der Waals surface area contributed by atoms with Crippen LogP contribution in [0.5, 0.6) is 0 Å². The Labute approximate surface area is 112 Å². The molecule has 3 rings (SSSR count). The van der Waals surface area contributed by atoms with E-state index in [9.17, 15) is 0 Å². The van der Waals surface area contributed by atoms with Gasteiger partial charge in [-0.05, 0) is 42.3 Å². The highest BCUT2D eigenvalue weighted by atomic mass is 15.5. The van der Waals surface area contributed by atoms with Crippen molar-refractivity contribution < 1.29 is 0 Å². The van der Waals surface area contributed by atoms with Gasteiger partial charge in [0.1, 0.15) is 0 Å². The van der Waals surface area contributed by atoms with Crippen molar-refractivity contribution in [3.05, 3.63) is 41.9 Å². The van der Waals surface area contributed by atoms with E-state index in [2.05, 4.69) is 45.7 Å². The van der Waals surface area contributed by atoms with E-state index >= 15 is 0 Å². The summed E-state index contributed by atoms with van der Waals surface area (Å²) in [6.45, 7) is 4.32. The first-order valence-electron chi connectivity index (χ1n) is 6.60. The van der Waals surface area contributed by atoms with Gasteiger partial charge in [0, 0.05) is 25.4 Å². The van der Waals surface area contributed by atoms with Gasteiger partial charge >= 0.3 is 0 Å². The SMILES string of the molecule is Cc1ccc(-n2nnnc2/C=C/N2CCCC2)cc1. The first-order valence-corrected chi connectivity index (χ1v) is 6.60. The van der Waals surface area contributed by atoms with E-state index in [-0.39, 0.29) is 0 Å². The van der Waals surface area contributed by atoms with Gasteiger partial charge in [-0.2, -0.15) is 4.68 Å². The second-order valence-corrected chi connectivity index (χ2v) is 4.84. The summed E-state index contributed by atoms with van der Waals surface area (Å²) in [6, 6.07) is 8.17. The molecule has 1 aliphatic heterocycles. The molecule has 19 heavy (non-hydrogen) atoms. The molecule has 2 aromatic rings. The number of aromatic nitrogens is 4. The van der Waals surface area contributed by atoms with E-state index in [1.807, 2.05) is 18.2 Å². The minimum Gasteiger partial charge on any atom is -0.377 e. The normalized spacial score (nSPS) is 15.5. The van der Waals surface area contributed by atoms with Gasteiger partial charge in [0.05, 0.1) is 5.69 Å². The molecule has 0 N–H and O–H groups in total. The van der Waals surface area contributed by atoms with Gasteiger partial charge in [0.2, 0.25) is 0 Å². The molecule has 1 saturated heterocycles. The zero-order valence-corrected chi connectivity index (χ0v) is 11.0. The van der Waals surface area contributed by atoms with Gasteiger partial charge in [-0.15, -0.1) is 5.10 Å². The maximum atomic E-state index is 4.06. The third-order valence-electron chi connectivity index (χ3n) is 3.35. The second kappa shape index (κ2) is 5.22. The van der Waals surface area contributed by atoms with Gasteiger partial charge < -0.3 is 4.90 Å². The van der Waals surface area contributed by atoms with Crippen molar-refractivity contribution in [1.29, 1.82) is 0 Å². The van der Waals surface area contributed by atoms with Crippen LogP contribution in [0.15, 0.2) is 30.5 Å². The third kappa shape index (κ3) is 2.65. The van der Waals surface area contributed by atoms with Crippen molar-refractivity contribution in [2.75, 3.05) is 13.1 Å². The molecule has 5 heteroatoms. The van der Waals surface area contributed by atoms with Crippen molar-refractivity contribution in [3.63, 3.8) is 0 Å². The average molecular weight is 255 g/mol. The predicted molar refractivity (Wildman–Crippen MR) is 73.7 cm³/mol. The van der Waals surface area contributed by atoms with E-state index in [1.165, 1.54) is 18.4 Å². The van der Waals surface area contributed by atoms with E-state index in [0.29, 0.717) is 0 Å². The van der Waals surface area contributed by atoms with Crippen LogP contribution in [-0.4, -0.2) is 38.2 Å². The molecule has 1 fully saturated rings. The zero-order chi connectivity index (χ0) is 13.1. The summed E-state index contributed by atoms with van der Waals surface area (Å²) in [4.78, 5) is 2.30. The second-order valence-electron chi connectivity index (χ2n) is 4.84. The molecule has 0 aliphatic carbocycles. The van der Waals surface area contributed by atoms with Crippen LogP contribution in [0.4, 0.5) is 0 Å². The Kier molecular flexibility index (Phi) is 3.27. The van der Waals surface area contributed by atoms with E-state index in [4.69, 9.17) is 0 Å². The quantitative estimate of drug-likeness (QED) is 0.842. The largest absolute Gasteiger partial charge is 0.377 e. The number of benzene rings is 1. The summed E-state index contributed by atoms with van der Waals surface area (Å²) in [6.07, 6.45) is 6.61. The van der Waals surface area contributed by atoms with Gasteiger partial charge in [-0.25, -0.2) is 0 Å². The molecule has 5 nitrogen and oxygen atoms in total. The molecule has 0 spiro atoms. The Morgan fingerprint density at radius 2 is 1.84 bits per heavy atom. The molecule has 0 radical (unpaired) electrons. The van der Waals surface area contributed by atoms with Crippen molar-refractivity contribution in [3.8, 4) is 5.69 Å². The smallest absolute Gasteiger partial charge is 0.181 e. The molecule has 1 aliphatic rings. The van der Waals surface area contributed by atoms with Crippen LogP contribution in [0.25, 0.3) is 11.8 Å². The molecule has 0 saturated carbocycles. The fourth-order valence-corrected chi connectivity index (χ4v) is 2.23. The average Bonchev–Trinajstić information content (AvgIpc) is 3.08. The summed E-state index contributed by atoms with van der Waals surface area (Å²) in [5.41, 5.74) is 2.21. The fraction of sp³-hybridized carbons (Fsp3) is 0.357. The number of tetrazole rings is 1. The summed E-state index contributed by atoms with van der Waals surface area (Å²) >= 11 is 0. The number of aryl methyl sites for hydroxylation is 1. The number of hydrogen-bond acceptors (Lipinski definition) is 4. The van der Waals surface area contributed by atoms with Crippen LogP contribution in [0.3, 0.4) is 0 Å². The molecule has 0 atom stereocenters. The van der Waals surface area contributed by atoms with Gasteiger partial charge in [-0.1, -0.05) is 17.7 Å². The zero-order valence-electron chi connectivity index (χ0n) is 11.0. The maximum absolute atomic E-state index is 4.06. The minimum atomic E-state index is 0.760. The summed E-state index contributed by atoms with van der Waals surface area (Å²) in [7, 11) is 0. The summed E-state index contributed by atoms with van der Waals surface area (Å²) < 4.78 is 1.76. The fourth-order valence-electron chi connectivity index (χ4n) is 2.23. The van der Waals surface area contributed by atoms with Crippen molar-refractivity contribution in [1.82, 2.24) is 25.1 Å². The molecular weight excluding hydrogens is 238 g/mol. The molecule has 0 amide bonds. The number of hydrogen-bond donors (Lipinski definition) is 0. The van der Waals surface area contributed by atoms with Crippen LogP contribution in [0, 0.1) is 6.92 Å². The molecule has 0 bridgehead atoms. The maximum Gasteiger partial charge on any atom is 0.181 e. The Morgan fingerprint density at radius 1 is 1.11 bits per heavy atom. The van der Waals surface area contributed by atoms with Gasteiger partial charge in [-0.3, -0.25) is 0 Å². The number of rotatable bonds is 3. The Balaban J connectivity index is 1.83. The van der Waals surface area contributed by atoms with Gasteiger partial charge in [0.15, 0.2) is 5.82 Å². The highest BCUT2D eigenvalue weighted by molar-refractivity contribution is 5.44. The molecule has 98 valence electrons.